The summed E-state index contributed by atoms with van der Waals surface area (Å²) < 4.78 is 0. The van der Waals surface area contributed by atoms with Crippen molar-refractivity contribution in [3.05, 3.63) is 69.3 Å². The first-order valence-electron chi connectivity index (χ1n) is 17.8. The summed E-state index contributed by atoms with van der Waals surface area (Å²) in [4.78, 5) is 18.1. The number of aryl methyl sites for hydroxylation is 4. The minimum absolute atomic E-state index is 0.973. The normalized spacial score (nSPS) is 12.5. The predicted octanol–water partition coefficient (Wildman–Crippen LogP) is 11.6. The van der Waals surface area contributed by atoms with E-state index in [4.69, 9.17) is 9.97 Å². The minimum atomic E-state index is 0.973. The third kappa shape index (κ3) is 8.00. The largest absolute Gasteiger partial charge is 0.354 e. The first kappa shape index (κ1) is 32.0. The Morgan fingerprint density at radius 2 is 0.727 bits per heavy atom. The van der Waals surface area contributed by atoms with Crippen molar-refractivity contribution >= 4 is 46.4 Å². The summed E-state index contributed by atoms with van der Waals surface area (Å²) in [5.41, 5.74) is 14.5. The van der Waals surface area contributed by atoms with Crippen LogP contribution in [0.1, 0.15) is 150 Å². The molecule has 5 rings (SSSR count). The van der Waals surface area contributed by atoms with Crippen molar-refractivity contribution < 1.29 is 0 Å². The van der Waals surface area contributed by atoms with Gasteiger partial charge in [-0.25, -0.2) is 9.97 Å². The lowest BCUT2D eigenvalue weighted by atomic mass is 10.0. The smallest absolute Gasteiger partial charge is 0.0894 e. The summed E-state index contributed by atoms with van der Waals surface area (Å²) >= 11 is 0. The van der Waals surface area contributed by atoms with E-state index in [-0.39, 0.29) is 0 Å². The zero-order valence-corrected chi connectivity index (χ0v) is 27.8. The Balaban J connectivity index is 1.80. The molecule has 4 heteroatoms. The maximum Gasteiger partial charge on any atom is 0.0894 e. The molecule has 8 bridgehead atoms. The van der Waals surface area contributed by atoms with Crippen molar-refractivity contribution in [1.29, 1.82) is 0 Å². The Hall–Kier alpha value is -3.40. The van der Waals surface area contributed by atoms with Gasteiger partial charge in [-0.15, -0.1) is 0 Å². The van der Waals surface area contributed by atoms with Gasteiger partial charge in [0.15, 0.2) is 0 Å². The van der Waals surface area contributed by atoms with Gasteiger partial charge in [0.05, 0.1) is 33.8 Å². The molecule has 2 aliphatic heterocycles. The topological polar surface area (TPSA) is 57.4 Å². The van der Waals surface area contributed by atoms with Gasteiger partial charge in [0.1, 0.15) is 0 Å². The van der Waals surface area contributed by atoms with Crippen LogP contribution >= 0.6 is 0 Å². The molecule has 0 aliphatic carbocycles. The summed E-state index contributed by atoms with van der Waals surface area (Å²) in [5.74, 6) is 0. The number of fused-ring (bicyclic) bond motifs is 10. The number of rotatable bonds is 16. The van der Waals surface area contributed by atoms with Crippen molar-refractivity contribution in [3.63, 3.8) is 0 Å². The lowest BCUT2D eigenvalue weighted by Gasteiger charge is -2.02. The fraction of sp³-hybridized carbons (Fsp3) is 0.500. The van der Waals surface area contributed by atoms with E-state index in [1.165, 1.54) is 121 Å². The van der Waals surface area contributed by atoms with E-state index in [0.717, 1.165) is 48.5 Å². The standard InChI is InChI=1S/C40H54N4/c1-5-9-13-17-29-25-33-27-31(19-15-11-7-3)39(41-33)40-32(20-16-12-8-4)28-34(42-40)26-30(18-14-10-6-2)36-22-24-38(44-36)37-23-21-35(29)43-37/h21-28,41-42H,5-20H2,1-4H3. The number of H-pyrrole nitrogens is 2. The number of hydrogen-bond acceptors (Lipinski definition) is 2. The number of aromatic nitrogens is 4. The Morgan fingerprint density at radius 3 is 1.09 bits per heavy atom. The minimum Gasteiger partial charge on any atom is -0.354 e. The van der Waals surface area contributed by atoms with E-state index in [9.17, 15) is 0 Å². The highest BCUT2D eigenvalue weighted by atomic mass is 14.8. The Labute approximate surface area is 265 Å². The Kier molecular flexibility index (Phi) is 11.7. The van der Waals surface area contributed by atoms with E-state index in [1.807, 2.05) is 0 Å². The molecule has 0 aromatic carbocycles. The van der Waals surface area contributed by atoms with Crippen LogP contribution in [0.5, 0.6) is 0 Å². The Bertz CT molecular complexity index is 1490. The fourth-order valence-electron chi connectivity index (χ4n) is 6.59. The molecule has 5 heterocycles. The van der Waals surface area contributed by atoms with Crippen LogP contribution in [0, 0.1) is 0 Å². The molecule has 0 radical (unpaired) electrons. The number of nitrogens with zero attached hydrogens (tertiary/aromatic N) is 2. The van der Waals surface area contributed by atoms with E-state index in [1.54, 1.807) is 0 Å². The molecular formula is C40H54N4. The first-order chi connectivity index (χ1) is 21.6. The van der Waals surface area contributed by atoms with Crippen molar-refractivity contribution in [2.75, 3.05) is 0 Å². The first-order valence-corrected chi connectivity index (χ1v) is 17.8. The molecule has 2 aliphatic rings. The van der Waals surface area contributed by atoms with Gasteiger partial charge >= 0.3 is 0 Å². The molecule has 0 atom stereocenters. The third-order valence-corrected chi connectivity index (χ3v) is 9.15. The van der Waals surface area contributed by atoms with Gasteiger partial charge in [-0.2, -0.15) is 0 Å². The summed E-state index contributed by atoms with van der Waals surface area (Å²) in [6.07, 6.45) is 27.6. The van der Waals surface area contributed by atoms with Crippen LogP contribution < -0.4 is 0 Å². The van der Waals surface area contributed by atoms with Gasteiger partial charge in [-0.3, -0.25) is 0 Å². The number of hydrogen-bond donors (Lipinski definition) is 2. The van der Waals surface area contributed by atoms with E-state index in [0.29, 0.717) is 0 Å². The highest BCUT2D eigenvalue weighted by Crippen LogP contribution is 2.29. The second-order valence-electron chi connectivity index (χ2n) is 12.8. The monoisotopic (exact) mass is 590 g/mol. The lowest BCUT2D eigenvalue weighted by Crippen LogP contribution is -1.91. The van der Waals surface area contributed by atoms with Gasteiger partial charge in [0, 0.05) is 11.0 Å². The van der Waals surface area contributed by atoms with Crippen LogP contribution in [-0.2, 0) is 25.7 Å². The summed E-state index contributed by atoms with van der Waals surface area (Å²) in [7, 11) is 0. The molecule has 0 saturated heterocycles. The molecule has 0 fully saturated rings. The summed E-state index contributed by atoms with van der Waals surface area (Å²) in [6, 6.07) is 9.58. The van der Waals surface area contributed by atoms with Crippen molar-refractivity contribution in [3.8, 4) is 0 Å². The average molecular weight is 591 g/mol. The quantitative estimate of drug-likeness (QED) is 0.112. The average Bonchev–Trinajstić information content (AvgIpc) is 3.83. The molecule has 0 saturated carbocycles. The highest BCUT2D eigenvalue weighted by Gasteiger charge is 2.14. The van der Waals surface area contributed by atoms with Crippen molar-refractivity contribution in [2.45, 2.75) is 130 Å². The molecule has 2 N–H and O–H groups in total. The van der Waals surface area contributed by atoms with Crippen LogP contribution in [0.3, 0.4) is 0 Å². The van der Waals surface area contributed by atoms with E-state index in [2.05, 4.69) is 86.2 Å². The van der Waals surface area contributed by atoms with E-state index < -0.39 is 0 Å². The van der Waals surface area contributed by atoms with Gasteiger partial charge in [-0.05, 0) is 122 Å². The molecule has 4 nitrogen and oxygen atoms in total. The molecule has 3 aromatic heterocycles. The number of unbranched alkanes of at least 4 members (excludes halogenated alkanes) is 8. The zero-order valence-electron chi connectivity index (χ0n) is 27.8. The summed E-state index contributed by atoms with van der Waals surface area (Å²) in [5, 5.41) is 0. The molecule has 234 valence electrons. The maximum absolute atomic E-state index is 5.15. The van der Waals surface area contributed by atoms with Gasteiger partial charge in [-0.1, -0.05) is 79.1 Å². The molecular weight excluding hydrogens is 536 g/mol. The number of nitrogens with one attached hydrogen (secondary N) is 2. The van der Waals surface area contributed by atoms with E-state index >= 15 is 0 Å². The van der Waals surface area contributed by atoms with Crippen molar-refractivity contribution in [2.24, 2.45) is 0 Å². The predicted molar refractivity (Wildman–Crippen MR) is 192 cm³/mol. The van der Waals surface area contributed by atoms with Gasteiger partial charge in [0.2, 0.25) is 0 Å². The van der Waals surface area contributed by atoms with Crippen LogP contribution in [0.2, 0.25) is 0 Å². The number of aromatic amines is 2. The highest BCUT2D eigenvalue weighted by molar-refractivity contribution is 5.88. The molecule has 0 spiro atoms. The van der Waals surface area contributed by atoms with Crippen LogP contribution in [0.25, 0.3) is 46.4 Å². The maximum atomic E-state index is 5.15. The zero-order chi connectivity index (χ0) is 30.7. The molecule has 0 amide bonds. The van der Waals surface area contributed by atoms with Gasteiger partial charge in [0.25, 0.3) is 0 Å². The lowest BCUT2D eigenvalue weighted by molar-refractivity contribution is 0.716. The second-order valence-corrected chi connectivity index (χ2v) is 12.8. The fourth-order valence-corrected chi connectivity index (χ4v) is 6.59. The van der Waals surface area contributed by atoms with Crippen molar-refractivity contribution in [1.82, 2.24) is 19.9 Å². The third-order valence-electron chi connectivity index (χ3n) is 9.15. The second kappa shape index (κ2) is 16.1. The van der Waals surface area contributed by atoms with Gasteiger partial charge < -0.3 is 9.97 Å². The molecule has 3 aromatic rings. The Morgan fingerprint density at radius 1 is 0.409 bits per heavy atom. The van der Waals surface area contributed by atoms with Crippen LogP contribution in [-0.4, -0.2) is 19.9 Å². The molecule has 44 heavy (non-hydrogen) atoms. The van der Waals surface area contributed by atoms with Crippen LogP contribution in [0.15, 0.2) is 24.3 Å². The molecule has 0 unspecified atom stereocenters. The SMILES string of the molecule is CCCCCc1cc2cc(CCCCC)c([nH]2)c2[nH]c(cc(CCCCC)c3nc(c4nc1C=C4)C=C3)cc2CCCCC. The van der Waals surface area contributed by atoms with Crippen LogP contribution in [0.4, 0.5) is 0 Å². The summed E-state index contributed by atoms with van der Waals surface area (Å²) in [6.45, 7) is 9.14.